The Bertz CT molecular complexity index is 706. The van der Waals surface area contributed by atoms with Gasteiger partial charge in [-0.15, -0.1) is 0 Å². The van der Waals surface area contributed by atoms with E-state index in [2.05, 4.69) is 0 Å². The van der Waals surface area contributed by atoms with Crippen molar-refractivity contribution in [2.24, 2.45) is 0 Å². The van der Waals surface area contributed by atoms with E-state index in [1.807, 2.05) is 0 Å². The summed E-state index contributed by atoms with van der Waals surface area (Å²) in [5.41, 5.74) is -6.94. The summed E-state index contributed by atoms with van der Waals surface area (Å²) in [5.74, 6) is -1.68. The smallest absolute Gasteiger partial charge is 0.430 e. The van der Waals surface area contributed by atoms with Gasteiger partial charge in [-0.2, -0.15) is 26.3 Å². The highest BCUT2D eigenvalue weighted by Crippen LogP contribution is 2.52. The quantitative estimate of drug-likeness (QED) is 0.702. The van der Waals surface area contributed by atoms with Crippen molar-refractivity contribution < 1.29 is 41.7 Å². The average molecular weight is 326 g/mol. The number of phenols is 2. The number of hydrogen-bond acceptors (Lipinski definition) is 3. The van der Waals surface area contributed by atoms with E-state index in [0.29, 0.717) is 12.1 Å². The highest BCUT2D eigenvalue weighted by molar-refractivity contribution is 5.86. The zero-order valence-electron chi connectivity index (χ0n) is 10.5. The summed E-state index contributed by atoms with van der Waals surface area (Å²) in [6, 6.07) is 4.13. The van der Waals surface area contributed by atoms with Crippen molar-refractivity contribution in [3.8, 4) is 11.5 Å². The van der Waals surface area contributed by atoms with Crippen LogP contribution in [-0.4, -0.2) is 27.7 Å². The standard InChI is InChI=1S/C13H8F6O3/c14-12(15,16)11(22,13(17,18)19)9-4-6-1-2-8(20)3-7(6)5-10(9)21/h1-5,20-22H. The van der Waals surface area contributed by atoms with Crippen LogP contribution in [0.3, 0.4) is 0 Å². The van der Waals surface area contributed by atoms with Gasteiger partial charge in [-0.1, -0.05) is 6.07 Å². The molecule has 0 unspecified atom stereocenters. The second-order valence-corrected chi connectivity index (χ2v) is 4.61. The second kappa shape index (κ2) is 4.67. The Balaban J connectivity index is 2.81. The molecule has 22 heavy (non-hydrogen) atoms. The minimum atomic E-state index is -6.09. The molecule has 120 valence electrons. The number of aromatic hydroxyl groups is 2. The molecule has 2 rings (SSSR count). The fraction of sp³-hybridized carbons (Fsp3) is 0.231. The molecule has 0 saturated heterocycles. The van der Waals surface area contributed by atoms with Gasteiger partial charge in [-0.25, -0.2) is 0 Å². The molecular weight excluding hydrogens is 318 g/mol. The van der Waals surface area contributed by atoms with E-state index in [1.165, 1.54) is 0 Å². The SMILES string of the molecule is Oc1ccc2cc(C(O)(C(F)(F)F)C(F)(F)F)c(O)cc2c1. The number of hydrogen-bond donors (Lipinski definition) is 3. The molecule has 0 heterocycles. The lowest BCUT2D eigenvalue weighted by Crippen LogP contribution is -2.53. The van der Waals surface area contributed by atoms with Crippen LogP contribution >= 0.6 is 0 Å². The van der Waals surface area contributed by atoms with Gasteiger partial charge >= 0.3 is 12.4 Å². The number of aliphatic hydroxyl groups is 1. The number of alkyl halides is 6. The Morgan fingerprint density at radius 1 is 0.727 bits per heavy atom. The summed E-state index contributed by atoms with van der Waals surface area (Å²) >= 11 is 0. The Kier molecular flexibility index (Phi) is 3.44. The number of fused-ring (bicyclic) bond motifs is 1. The van der Waals surface area contributed by atoms with Crippen LogP contribution in [0.2, 0.25) is 0 Å². The normalized spacial score (nSPS) is 13.6. The summed E-state index contributed by atoms with van der Waals surface area (Å²) in [7, 11) is 0. The molecule has 0 atom stereocenters. The predicted molar refractivity (Wildman–Crippen MR) is 63.3 cm³/mol. The number of rotatable bonds is 1. The largest absolute Gasteiger partial charge is 0.508 e. The van der Waals surface area contributed by atoms with E-state index in [9.17, 15) is 41.7 Å². The van der Waals surface area contributed by atoms with E-state index < -0.39 is 29.3 Å². The van der Waals surface area contributed by atoms with Gasteiger partial charge in [0.15, 0.2) is 0 Å². The first-order chi connectivity index (χ1) is 9.88. The number of phenolic OH excluding ortho intramolecular Hbond substituents is 2. The van der Waals surface area contributed by atoms with Crippen LogP contribution in [0.4, 0.5) is 26.3 Å². The molecule has 3 nitrogen and oxygen atoms in total. The van der Waals surface area contributed by atoms with Crippen molar-refractivity contribution in [2.75, 3.05) is 0 Å². The van der Waals surface area contributed by atoms with Crippen LogP contribution in [0.25, 0.3) is 10.8 Å². The third kappa shape index (κ3) is 2.31. The van der Waals surface area contributed by atoms with Crippen LogP contribution in [0, 0.1) is 0 Å². The van der Waals surface area contributed by atoms with Crippen molar-refractivity contribution in [3.05, 3.63) is 35.9 Å². The van der Waals surface area contributed by atoms with Crippen LogP contribution in [0.5, 0.6) is 11.5 Å². The van der Waals surface area contributed by atoms with Gasteiger partial charge in [0.1, 0.15) is 11.5 Å². The molecule has 0 aromatic heterocycles. The summed E-state index contributed by atoms with van der Waals surface area (Å²) in [4.78, 5) is 0. The average Bonchev–Trinajstić information content (AvgIpc) is 2.34. The Hall–Kier alpha value is -2.16. The highest BCUT2D eigenvalue weighted by atomic mass is 19.4. The molecule has 2 aromatic carbocycles. The Labute approximate surface area is 119 Å². The lowest BCUT2D eigenvalue weighted by atomic mass is 9.89. The second-order valence-electron chi connectivity index (χ2n) is 4.61. The lowest BCUT2D eigenvalue weighted by molar-refractivity contribution is -0.376. The molecular formula is C13H8F6O3. The van der Waals surface area contributed by atoms with Gasteiger partial charge in [0.25, 0.3) is 5.60 Å². The zero-order valence-corrected chi connectivity index (χ0v) is 10.5. The summed E-state index contributed by atoms with van der Waals surface area (Å²) in [6.07, 6.45) is -12.2. The molecule has 0 bridgehead atoms. The van der Waals surface area contributed by atoms with Crippen molar-refractivity contribution in [1.82, 2.24) is 0 Å². The van der Waals surface area contributed by atoms with E-state index in [0.717, 1.165) is 18.2 Å². The van der Waals surface area contributed by atoms with Crippen LogP contribution in [0.15, 0.2) is 30.3 Å². The summed E-state index contributed by atoms with van der Waals surface area (Å²) < 4.78 is 76.9. The molecule has 0 saturated carbocycles. The first kappa shape index (κ1) is 16.2. The maximum absolute atomic E-state index is 12.8. The van der Waals surface area contributed by atoms with Gasteiger partial charge in [0.05, 0.1) is 0 Å². The van der Waals surface area contributed by atoms with E-state index >= 15 is 0 Å². The lowest BCUT2D eigenvalue weighted by Gasteiger charge is -2.33. The summed E-state index contributed by atoms with van der Waals surface area (Å²) in [6.45, 7) is 0. The van der Waals surface area contributed by atoms with E-state index in [4.69, 9.17) is 0 Å². The van der Waals surface area contributed by atoms with Gasteiger partial charge in [0.2, 0.25) is 0 Å². The first-order valence-corrected chi connectivity index (χ1v) is 5.70. The maximum Gasteiger partial charge on any atom is 0.430 e. The van der Waals surface area contributed by atoms with E-state index in [1.54, 1.807) is 0 Å². The third-order valence-corrected chi connectivity index (χ3v) is 3.15. The molecule has 0 fully saturated rings. The number of benzene rings is 2. The number of halogens is 6. The Morgan fingerprint density at radius 3 is 1.77 bits per heavy atom. The molecule has 9 heteroatoms. The van der Waals surface area contributed by atoms with Gasteiger partial charge in [-0.3, -0.25) is 0 Å². The maximum atomic E-state index is 12.8. The monoisotopic (exact) mass is 326 g/mol. The molecule has 0 radical (unpaired) electrons. The molecule has 2 aromatic rings. The van der Waals surface area contributed by atoms with Crippen LogP contribution < -0.4 is 0 Å². The predicted octanol–water partition coefficient (Wildman–Crippen LogP) is 3.56. The molecule has 0 aliphatic heterocycles. The van der Waals surface area contributed by atoms with Gasteiger partial charge < -0.3 is 15.3 Å². The first-order valence-electron chi connectivity index (χ1n) is 5.70. The van der Waals surface area contributed by atoms with Gasteiger partial charge in [0, 0.05) is 5.56 Å². The van der Waals surface area contributed by atoms with Gasteiger partial charge in [-0.05, 0) is 35.0 Å². The van der Waals surface area contributed by atoms with Crippen molar-refractivity contribution in [2.45, 2.75) is 18.0 Å². The van der Waals surface area contributed by atoms with Crippen LogP contribution in [-0.2, 0) is 5.60 Å². The minimum absolute atomic E-state index is 0.00736. The highest BCUT2D eigenvalue weighted by Gasteiger charge is 2.72. The molecule has 0 aliphatic rings. The third-order valence-electron chi connectivity index (χ3n) is 3.15. The fourth-order valence-electron chi connectivity index (χ4n) is 2.03. The van der Waals surface area contributed by atoms with Crippen LogP contribution in [0.1, 0.15) is 5.56 Å². The zero-order chi connectivity index (χ0) is 16.9. The Morgan fingerprint density at radius 2 is 1.27 bits per heavy atom. The van der Waals surface area contributed by atoms with Crippen molar-refractivity contribution >= 4 is 10.8 Å². The topological polar surface area (TPSA) is 60.7 Å². The molecule has 0 aliphatic carbocycles. The fourth-order valence-corrected chi connectivity index (χ4v) is 2.03. The van der Waals surface area contributed by atoms with Crippen molar-refractivity contribution in [3.63, 3.8) is 0 Å². The molecule has 0 spiro atoms. The summed E-state index contributed by atoms with van der Waals surface area (Å²) in [5, 5.41) is 27.9. The molecule has 0 amide bonds. The van der Waals surface area contributed by atoms with Crippen molar-refractivity contribution in [1.29, 1.82) is 0 Å². The van der Waals surface area contributed by atoms with E-state index in [-0.39, 0.29) is 16.5 Å². The molecule has 3 N–H and O–H groups in total. The minimum Gasteiger partial charge on any atom is -0.508 e.